The van der Waals surface area contributed by atoms with Crippen LogP contribution in [0, 0.1) is 0 Å². The maximum Gasteiger partial charge on any atom is 0.299 e. The molecule has 4 aliphatic rings. The van der Waals surface area contributed by atoms with E-state index in [4.69, 9.17) is 0 Å². The number of Topliss-reactive ketones (excluding diaryl/α,β-unsaturated/α-hetero) is 2. The maximum atomic E-state index is 15.1. The molecule has 0 spiro atoms. The monoisotopic (exact) mass is 888 g/mol. The summed E-state index contributed by atoms with van der Waals surface area (Å²) in [5.41, 5.74) is 6.29. The van der Waals surface area contributed by atoms with Crippen LogP contribution in [-0.2, 0) is 19.2 Å². The van der Waals surface area contributed by atoms with E-state index >= 15 is 4.79 Å². The van der Waals surface area contributed by atoms with Crippen LogP contribution in [0.3, 0.4) is 0 Å². The van der Waals surface area contributed by atoms with E-state index in [1.807, 2.05) is 82.6 Å². The first kappa shape index (κ1) is 46.4. The smallest absolute Gasteiger partial charge is 0.299 e. The zero-order valence-corrected chi connectivity index (χ0v) is 38.8. The zero-order valence-electron chi connectivity index (χ0n) is 38.8. The average Bonchev–Trinajstić information content (AvgIpc) is 3.96. The van der Waals surface area contributed by atoms with Crippen LogP contribution in [-0.4, -0.2) is 60.4 Å². The molecule has 0 fully saturated rings. The largest absolute Gasteiger partial charge is 0.308 e. The van der Waals surface area contributed by atoms with Gasteiger partial charge in [-0.1, -0.05) is 139 Å². The van der Waals surface area contributed by atoms with E-state index in [-0.39, 0.29) is 23.9 Å². The highest BCUT2D eigenvalue weighted by Gasteiger charge is 2.44. The minimum atomic E-state index is -0.487. The van der Waals surface area contributed by atoms with Gasteiger partial charge in [-0.05, 0) is 87.8 Å². The molecule has 4 heterocycles. The van der Waals surface area contributed by atoms with Crippen molar-refractivity contribution in [3.63, 3.8) is 0 Å². The summed E-state index contributed by atoms with van der Waals surface area (Å²) in [4.78, 5) is 89.2. The Morgan fingerprint density at radius 1 is 0.348 bits per heavy atom. The minimum absolute atomic E-state index is 0.117. The van der Waals surface area contributed by atoms with Gasteiger partial charge in [-0.2, -0.15) is 0 Å². The lowest BCUT2D eigenvalue weighted by Gasteiger charge is -2.29. The Morgan fingerprint density at radius 3 is 1.23 bits per heavy atom. The molecule has 4 aromatic carbocycles. The van der Waals surface area contributed by atoms with Gasteiger partial charge in [0.05, 0.1) is 45.0 Å². The lowest BCUT2D eigenvalue weighted by molar-refractivity contribution is -0.115. The summed E-state index contributed by atoms with van der Waals surface area (Å²) >= 11 is 0. The van der Waals surface area contributed by atoms with Gasteiger partial charge in [0.1, 0.15) is 0 Å². The number of nitrogens with zero attached hydrogens (tertiary/aromatic N) is 4. The first-order valence-electron chi connectivity index (χ1n) is 24.8. The second-order valence-electron chi connectivity index (χ2n) is 18.4. The SMILES string of the molecule is CCCCCCCC(CCCCN1C(=O)C(=C2C(=O)N(C(CCCCCCC)CCCCN3C(=O)C(=O)c4ccccc43)c3ccccc32)c2ccccc21)N1C(=O)C(=O)c2ccccc21. The van der Waals surface area contributed by atoms with Crippen LogP contribution in [0.25, 0.3) is 11.1 Å². The number of amides is 4. The van der Waals surface area contributed by atoms with Crippen molar-refractivity contribution in [3.8, 4) is 0 Å². The number of benzene rings is 4. The van der Waals surface area contributed by atoms with Gasteiger partial charge >= 0.3 is 0 Å². The number of hydrogen-bond acceptors (Lipinski definition) is 6. The van der Waals surface area contributed by atoms with Gasteiger partial charge < -0.3 is 19.6 Å². The van der Waals surface area contributed by atoms with E-state index in [1.54, 1.807) is 34.1 Å². The highest BCUT2D eigenvalue weighted by atomic mass is 16.2. The van der Waals surface area contributed by atoms with Crippen molar-refractivity contribution in [3.05, 3.63) is 119 Å². The number of unbranched alkanes of at least 4 members (excludes halogenated alkanes) is 10. The van der Waals surface area contributed by atoms with E-state index in [2.05, 4.69) is 13.8 Å². The van der Waals surface area contributed by atoms with Gasteiger partial charge in [-0.15, -0.1) is 0 Å². The standard InChI is InChI=1S/C56H64N4O6/c1-3-5-7-9-11-25-39(27-22-24-38-58-46-34-18-15-31-43(46)51(61)55(58)65)59-47-35-19-14-30-42(47)50(54(59)64)49-41-29-13-17-33-45(41)57(53(49)63)37-23-21-28-40(26-12-10-8-6-4-2)60-48-36-20-16-32-44(48)52(62)56(60)66/h13-20,29-36,39-40H,3-12,21-28,37-38H2,1-2H3. The van der Waals surface area contributed by atoms with E-state index < -0.39 is 23.4 Å². The van der Waals surface area contributed by atoms with Crippen molar-refractivity contribution in [1.29, 1.82) is 0 Å². The molecule has 8 rings (SSSR count). The van der Waals surface area contributed by atoms with Gasteiger partial charge in [0.15, 0.2) is 0 Å². The molecule has 0 saturated carbocycles. The second-order valence-corrected chi connectivity index (χ2v) is 18.4. The molecule has 10 heteroatoms. The lowest BCUT2D eigenvalue weighted by atomic mass is 9.96. The molecule has 0 saturated heterocycles. The third-order valence-corrected chi connectivity index (χ3v) is 14.1. The molecular formula is C56H64N4O6. The van der Waals surface area contributed by atoms with Crippen molar-refractivity contribution in [2.24, 2.45) is 0 Å². The number of hydrogen-bond donors (Lipinski definition) is 0. The van der Waals surface area contributed by atoms with Crippen LogP contribution >= 0.6 is 0 Å². The number of carbonyl (C=O) groups excluding carboxylic acids is 6. The van der Waals surface area contributed by atoms with Gasteiger partial charge in [-0.3, -0.25) is 28.8 Å². The quantitative estimate of drug-likeness (QED) is 0.0393. The molecular weight excluding hydrogens is 825 g/mol. The molecule has 344 valence electrons. The predicted molar refractivity (Wildman–Crippen MR) is 263 cm³/mol. The molecule has 2 atom stereocenters. The Labute approximate surface area is 390 Å². The molecule has 0 bridgehead atoms. The number of fused-ring (bicyclic) bond motifs is 4. The van der Waals surface area contributed by atoms with Crippen LogP contribution < -0.4 is 19.6 Å². The number of anilines is 4. The van der Waals surface area contributed by atoms with Crippen LogP contribution in [0.15, 0.2) is 97.1 Å². The summed E-state index contributed by atoms with van der Waals surface area (Å²) in [6.45, 7) is 5.28. The normalized spacial score (nSPS) is 17.3. The van der Waals surface area contributed by atoms with E-state index in [0.29, 0.717) is 72.4 Å². The van der Waals surface area contributed by atoms with Crippen molar-refractivity contribution in [2.75, 3.05) is 32.7 Å². The summed E-state index contributed by atoms with van der Waals surface area (Å²) in [6.07, 6.45) is 16.9. The van der Waals surface area contributed by atoms with Crippen molar-refractivity contribution < 1.29 is 28.8 Å². The molecule has 4 aliphatic heterocycles. The second kappa shape index (κ2) is 21.4. The first-order valence-corrected chi connectivity index (χ1v) is 24.8. The molecule has 0 radical (unpaired) electrons. The number of ketones is 2. The van der Waals surface area contributed by atoms with Crippen LogP contribution in [0.5, 0.6) is 0 Å². The molecule has 4 aromatic rings. The molecule has 0 aromatic heterocycles. The summed E-state index contributed by atoms with van der Waals surface area (Å²) < 4.78 is 0. The van der Waals surface area contributed by atoms with Crippen molar-refractivity contribution >= 4 is 69.1 Å². The van der Waals surface area contributed by atoms with Crippen molar-refractivity contribution in [1.82, 2.24) is 0 Å². The topological polar surface area (TPSA) is 115 Å². The first-order chi connectivity index (χ1) is 32.3. The molecule has 10 nitrogen and oxygen atoms in total. The van der Waals surface area contributed by atoms with E-state index in [9.17, 15) is 24.0 Å². The highest BCUT2D eigenvalue weighted by molar-refractivity contribution is 6.53. The minimum Gasteiger partial charge on any atom is -0.308 e. The summed E-state index contributed by atoms with van der Waals surface area (Å²) in [7, 11) is 0. The van der Waals surface area contributed by atoms with Gasteiger partial charge in [0, 0.05) is 36.3 Å². The van der Waals surface area contributed by atoms with Gasteiger partial charge in [-0.25, -0.2) is 0 Å². The van der Waals surface area contributed by atoms with Gasteiger partial charge in [0.2, 0.25) is 0 Å². The molecule has 0 aliphatic carbocycles. The summed E-state index contributed by atoms with van der Waals surface area (Å²) in [5.74, 6) is -2.18. The number of para-hydroxylation sites is 4. The average molecular weight is 889 g/mol. The summed E-state index contributed by atoms with van der Waals surface area (Å²) in [5, 5.41) is 0. The fourth-order valence-electron chi connectivity index (χ4n) is 10.7. The maximum absolute atomic E-state index is 15.1. The molecule has 0 N–H and O–H groups in total. The number of rotatable bonds is 24. The van der Waals surface area contributed by atoms with Crippen LogP contribution in [0.2, 0.25) is 0 Å². The third-order valence-electron chi connectivity index (χ3n) is 14.1. The molecule has 66 heavy (non-hydrogen) atoms. The summed E-state index contributed by atoms with van der Waals surface area (Å²) in [6, 6.07) is 29.8. The Morgan fingerprint density at radius 2 is 0.697 bits per heavy atom. The lowest BCUT2D eigenvalue weighted by Crippen LogP contribution is -2.39. The van der Waals surface area contributed by atoms with E-state index in [0.717, 1.165) is 99.6 Å². The Bertz CT molecular complexity index is 2510. The van der Waals surface area contributed by atoms with Crippen molar-refractivity contribution in [2.45, 2.75) is 142 Å². The van der Waals surface area contributed by atoms with Gasteiger partial charge in [0.25, 0.3) is 35.2 Å². The highest BCUT2D eigenvalue weighted by Crippen LogP contribution is 2.48. The van der Waals surface area contributed by atoms with Crippen LogP contribution in [0.1, 0.15) is 161 Å². The fraction of sp³-hybridized carbons (Fsp3) is 0.429. The Hall–Kier alpha value is -6.16. The molecule has 4 amide bonds. The Balaban J connectivity index is 0.996. The Kier molecular flexibility index (Phi) is 15.1. The van der Waals surface area contributed by atoms with E-state index in [1.165, 1.54) is 12.8 Å². The predicted octanol–water partition coefficient (Wildman–Crippen LogP) is 11.5. The third kappa shape index (κ3) is 9.29. The molecule has 2 unspecified atom stereocenters. The zero-order chi connectivity index (χ0) is 46.2. The fourth-order valence-corrected chi connectivity index (χ4v) is 10.7. The number of carbonyl (C=O) groups is 6. The van der Waals surface area contributed by atoms with Crippen LogP contribution in [0.4, 0.5) is 22.7 Å².